The van der Waals surface area contributed by atoms with Gasteiger partial charge in [-0.25, -0.2) is 9.78 Å². The predicted molar refractivity (Wildman–Crippen MR) is 140 cm³/mol. The fourth-order valence-corrected chi connectivity index (χ4v) is 5.11. The number of ether oxygens (including phenoxy) is 3. The highest BCUT2D eigenvalue weighted by Gasteiger charge is 2.40. The molecule has 2 aromatic heterocycles. The zero-order chi connectivity index (χ0) is 25.2. The Bertz CT molecular complexity index is 1060. The average Bonchev–Trinajstić information content (AvgIpc) is 3.59. The van der Waals surface area contributed by atoms with Crippen LogP contribution < -0.4 is 0 Å². The van der Waals surface area contributed by atoms with Gasteiger partial charge in [-0.2, -0.15) is 0 Å². The van der Waals surface area contributed by atoms with Crippen molar-refractivity contribution in [2.75, 3.05) is 33.4 Å². The molecule has 4 rings (SSSR count). The number of aryl methyl sites for hydroxylation is 1. The lowest BCUT2D eigenvalue weighted by Gasteiger charge is -2.35. The first-order chi connectivity index (χ1) is 16.7. The fourth-order valence-electron chi connectivity index (χ4n) is 4.36. The van der Waals surface area contributed by atoms with Gasteiger partial charge in [0.25, 0.3) is 5.91 Å². The number of hydrogen-bond donors (Lipinski definition) is 0. The third-order valence-electron chi connectivity index (χ3n) is 6.14. The van der Waals surface area contributed by atoms with Gasteiger partial charge in [-0.05, 0) is 74.3 Å². The van der Waals surface area contributed by atoms with Crippen LogP contribution in [0.4, 0.5) is 4.79 Å². The molecule has 1 aliphatic carbocycles. The number of morpholine rings is 1. The molecule has 1 aliphatic heterocycles. The van der Waals surface area contributed by atoms with E-state index in [2.05, 4.69) is 38.3 Å². The molecule has 10 heteroatoms. The first-order valence-electron chi connectivity index (χ1n) is 12.2. The first-order valence-corrected chi connectivity index (χ1v) is 13.3. The van der Waals surface area contributed by atoms with E-state index < -0.39 is 17.8 Å². The molecule has 1 saturated carbocycles. The van der Waals surface area contributed by atoms with Gasteiger partial charge in [0.2, 0.25) is 0 Å². The van der Waals surface area contributed by atoms with Crippen LogP contribution >= 0.6 is 22.6 Å². The molecule has 0 N–H and O–H groups in total. The largest absolute Gasteiger partial charge is 0.444 e. The number of halogens is 1. The minimum atomic E-state index is -0.691. The summed E-state index contributed by atoms with van der Waals surface area (Å²) in [6.07, 6.45) is 5.69. The summed E-state index contributed by atoms with van der Waals surface area (Å²) in [7, 11) is 1.71. The molecule has 1 unspecified atom stereocenters. The highest BCUT2D eigenvalue weighted by Crippen LogP contribution is 2.33. The number of carbonyl (C=O) groups excluding carboxylic acids is 2. The van der Waals surface area contributed by atoms with Crippen molar-refractivity contribution in [1.82, 2.24) is 19.4 Å². The van der Waals surface area contributed by atoms with Gasteiger partial charge in [0, 0.05) is 60.7 Å². The summed E-state index contributed by atoms with van der Waals surface area (Å²) in [5.74, 6) is -0.0695. The minimum absolute atomic E-state index is 0.0695. The predicted octanol–water partition coefficient (Wildman–Crippen LogP) is 3.80. The summed E-state index contributed by atoms with van der Waals surface area (Å²) >= 11 is 2.34. The number of rotatable bonds is 8. The van der Waals surface area contributed by atoms with Crippen molar-refractivity contribution in [1.29, 1.82) is 0 Å². The van der Waals surface area contributed by atoms with Crippen LogP contribution in [0.1, 0.15) is 45.6 Å². The molecule has 1 atom stereocenters. The summed E-state index contributed by atoms with van der Waals surface area (Å²) < 4.78 is 19.9. The smallest absolute Gasteiger partial charge is 0.410 e. The standard InChI is InChI=1S/C25H35IN4O5/c1-25(2,3)35-24(32)29-11-13-34-20(16-29)23(31)30(18-6-7-18)15-17-14-28(10-5-12-33-4)22-21(17)19(26)8-9-27-22/h8-9,14,18,20H,5-7,10-13,15-16H2,1-4H3. The van der Waals surface area contributed by atoms with E-state index in [0.717, 1.165) is 46.0 Å². The van der Waals surface area contributed by atoms with E-state index in [9.17, 15) is 9.59 Å². The molecule has 2 amide bonds. The molecule has 0 bridgehead atoms. The number of hydrogen-bond acceptors (Lipinski definition) is 6. The molecule has 2 aliphatic rings. The Hall–Kier alpha value is -1.92. The van der Waals surface area contributed by atoms with Crippen LogP contribution in [0.3, 0.4) is 0 Å². The van der Waals surface area contributed by atoms with E-state index in [0.29, 0.717) is 26.3 Å². The van der Waals surface area contributed by atoms with Gasteiger partial charge in [0.15, 0.2) is 6.10 Å². The summed E-state index contributed by atoms with van der Waals surface area (Å²) in [5.41, 5.74) is 1.42. The molecule has 35 heavy (non-hydrogen) atoms. The molecule has 0 aromatic carbocycles. The second kappa shape index (κ2) is 11.0. The van der Waals surface area contributed by atoms with Gasteiger partial charge in [-0.1, -0.05) is 0 Å². The monoisotopic (exact) mass is 598 g/mol. The van der Waals surface area contributed by atoms with E-state index in [1.165, 1.54) is 0 Å². The van der Waals surface area contributed by atoms with E-state index in [4.69, 9.17) is 14.2 Å². The van der Waals surface area contributed by atoms with Crippen molar-refractivity contribution in [3.05, 3.63) is 27.6 Å². The molecule has 2 fully saturated rings. The molecule has 192 valence electrons. The van der Waals surface area contributed by atoms with Crippen LogP contribution in [0.15, 0.2) is 18.5 Å². The van der Waals surface area contributed by atoms with E-state index >= 15 is 0 Å². The van der Waals surface area contributed by atoms with Crippen molar-refractivity contribution in [3.8, 4) is 0 Å². The van der Waals surface area contributed by atoms with Crippen molar-refractivity contribution >= 4 is 45.6 Å². The summed E-state index contributed by atoms with van der Waals surface area (Å²) in [4.78, 5) is 34.4. The number of methoxy groups -OCH3 is 1. The number of fused-ring (bicyclic) bond motifs is 1. The SMILES string of the molecule is COCCCn1cc(CN(C(=O)C2CN(C(=O)OC(C)(C)C)CCO2)C2CC2)c2c(I)ccnc21. The molecule has 0 spiro atoms. The minimum Gasteiger partial charge on any atom is -0.444 e. The van der Waals surface area contributed by atoms with Crippen LogP contribution in [0.2, 0.25) is 0 Å². The van der Waals surface area contributed by atoms with Gasteiger partial charge in [0.05, 0.1) is 13.2 Å². The number of amides is 2. The van der Waals surface area contributed by atoms with Gasteiger partial charge in [-0.15, -0.1) is 0 Å². The van der Waals surface area contributed by atoms with Crippen LogP contribution in [0.25, 0.3) is 11.0 Å². The quantitative estimate of drug-likeness (QED) is 0.340. The van der Waals surface area contributed by atoms with E-state index in [1.54, 1.807) is 12.0 Å². The van der Waals surface area contributed by atoms with Crippen molar-refractivity contribution < 1.29 is 23.8 Å². The highest BCUT2D eigenvalue weighted by molar-refractivity contribution is 14.1. The topological polar surface area (TPSA) is 86.1 Å². The third-order valence-corrected chi connectivity index (χ3v) is 7.04. The lowest BCUT2D eigenvalue weighted by atomic mass is 10.1. The van der Waals surface area contributed by atoms with Gasteiger partial charge in [-0.3, -0.25) is 4.79 Å². The van der Waals surface area contributed by atoms with E-state index in [-0.39, 0.29) is 18.5 Å². The normalized spacial score (nSPS) is 18.7. The molecular formula is C25H35IN4O5. The third kappa shape index (κ3) is 6.45. The summed E-state index contributed by atoms with van der Waals surface area (Å²) in [5, 5.41) is 1.09. The molecule has 0 radical (unpaired) electrons. The lowest BCUT2D eigenvalue weighted by molar-refractivity contribution is -0.150. The van der Waals surface area contributed by atoms with Gasteiger partial charge >= 0.3 is 6.09 Å². The zero-order valence-electron chi connectivity index (χ0n) is 21.0. The summed E-state index contributed by atoms with van der Waals surface area (Å²) in [6, 6.07) is 2.20. The zero-order valence-corrected chi connectivity index (χ0v) is 23.1. The maximum Gasteiger partial charge on any atom is 0.410 e. The van der Waals surface area contributed by atoms with Crippen LogP contribution in [-0.2, 0) is 32.1 Å². The number of nitrogens with zero attached hydrogens (tertiary/aromatic N) is 4. The van der Waals surface area contributed by atoms with Gasteiger partial charge in [0.1, 0.15) is 11.2 Å². The first kappa shape index (κ1) is 26.2. The Labute approximate surface area is 220 Å². The van der Waals surface area contributed by atoms with Crippen molar-refractivity contribution in [2.45, 2.75) is 70.9 Å². The molecule has 1 saturated heterocycles. The number of pyridine rings is 1. The van der Waals surface area contributed by atoms with Crippen LogP contribution in [0.5, 0.6) is 0 Å². The Morgan fingerprint density at radius 2 is 2.09 bits per heavy atom. The second-order valence-corrected chi connectivity index (χ2v) is 11.3. The van der Waals surface area contributed by atoms with E-state index in [1.807, 2.05) is 37.9 Å². The molecule has 2 aromatic rings. The molecule has 9 nitrogen and oxygen atoms in total. The Morgan fingerprint density at radius 3 is 2.77 bits per heavy atom. The Kier molecular flexibility index (Phi) is 8.22. The lowest BCUT2D eigenvalue weighted by Crippen LogP contribution is -2.53. The average molecular weight is 598 g/mol. The highest BCUT2D eigenvalue weighted by atomic mass is 127. The number of carbonyl (C=O) groups is 2. The molecular weight excluding hydrogens is 563 g/mol. The van der Waals surface area contributed by atoms with Crippen LogP contribution in [-0.4, -0.2) is 82.5 Å². The maximum atomic E-state index is 13.7. The van der Waals surface area contributed by atoms with Crippen molar-refractivity contribution in [2.24, 2.45) is 0 Å². The Balaban J connectivity index is 1.53. The fraction of sp³-hybridized carbons (Fsp3) is 0.640. The number of aromatic nitrogens is 2. The molecule has 3 heterocycles. The maximum absolute atomic E-state index is 13.7. The van der Waals surface area contributed by atoms with Gasteiger partial charge < -0.3 is 28.6 Å². The Morgan fingerprint density at radius 1 is 1.31 bits per heavy atom. The van der Waals surface area contributed by atoms with Crippen molar-refractivity contribution in [3.63, 3.8) is 0 Å². The van der Waals surface area contributed by atoms with Crippen LogP contribution in [0, 0.1) is 3.57 Å². The second-order valence-electron chi connectivity index (χ2n) is 10.2. The summed E-state index contributed by atoms with van der Waals surface area (Å²) in [6.45, 7) is 8.42.